The highest BCUT2D eigenvalue weighted by molar-refractivity contribution is 7.89. The van der Waals surface area contributed by atoms with E-state index in [1.54, 1.807) is 0 Å². The van der Waals surface area contributed by atoms with Crippen LogP contribution in [0.3, 0.4) is 0 Å². The van der Waals surface area contributed by atoms with Gasteiger partial charge in [-0.2, -0.15) is 0 Å². The maximum atomic E-state index is 10.8. The van der Waals surface area contributed by atoms with E-state index < -0.39 is 29.3 Å². The van der Waals surface area contributed by atoms with Crippen molar-refractivity contribution in [2.24, 2.45) is 0 Å². The van der Waals surface area contributed by atoms with Gasteiger partial charge in [0.2, 0.25) is 10.0 Å². The van der Waals surface area contributed by atoms with Crippen LogP contribution >= 0.6 is 0 Å². The second-order valence-electron chi connectivity index (χ2n) is 2.08. The Morgan fingerprint density at radius 1 is 1.36 bits per heavy atom. The van der Waals surface area contributed by atoms with Crippen molar-refractivity contribution >= 4 is 10.0 Å². The van der Waals surface area contributed by atoms with E-state index in [-0.39, 0.29) is 5.75 Å². The topological polar surface area (TPSA) is 86.6 Å². The first-order valence-corrected chi connectivity index (χ1v) is 4.92. The number of hydrogen-bond acceptors (Lipinski definition) is 4. The first-order chi connectivity index (χ1) is 5.05. The fraction of sp³-hybridized carbons (Fsp3) is 1.00. The van der Waals surface area contributed by atoms with Crippen molar-refractivity contribution in [3.8, 4) is 0 Å². The second kappa shape index (κ2) is 4.66. The van der Waals surface area contributed by atoms with Crippen LogP contribution in [0.5, 0.6) is 0 Å². The third-order valence-electron chi connectivity index (χ3n) is 1.17. The molecule has 0 unspecified atom stereocenters. The first kappa shape index (κ1) is 10.8. The number of hydrogen-bond donors (Lipinski definition) is 3. The smallest absolute Gasteiger partial charge is 0.211 e. The summed E-state index contributed by atoms with van der Waals surface area (Å²) in [4.78, 5) is 0. The molecular weight excluding hydrogens is 170 g/mol. The van der Waals surface area contributed by atoms with Crippen LogP contribution in [-0.4, -0.2) is 43.6 Å². The van der Waals surface area contributed by atoms with Gasteiger partial charge in [0.05, 0.1) is 25.0 Å². The molecule has 0 saturated carbocycles. The molecular formula is C5H13NO4S. The lowest BCUT2D eigenvalue weighted by Crippen LogP contribution is -2.40. The molecule has 11 heavy (non-hydrogen) atoms. The zero-order valence-corrected chi connectivity index (χ0v) is 7.13. The molecule has 0 rings (SSSR count). The summed E-state index contributed by atoms with van der Waals surface area (Å²) in [7, 11) is -3.31. The molecule has 0 atom stereocenters. The minimum atomic E-state index is -3.31. The van der Waals surface area contributed by atoms with Crippen molar-refractivity contribution in [3.63, 3.8) is 0 Å². The molecule has 0 aromatic carbocycles. The van der Waals surface area contributed by atoms with Crippen LogP contribution < -0.4 is 4.72 Å². The fourth-order valence-corrected chi connectivity index (χ4v) is 1.29. The predicted molar refractivity (Wildman–Crippen MR) is 40.6 cm³/mol. The number of rotatable bonds is 5. The standard InChI is InChI=1S/C5H13NO4S/c1-2-11(9,10)6-5(3-7)4-8/h5-8H,2-4H2,1H3. The Morgan fingerprint density at radius 3 is 2.09 bits per heavy atom. The lowest BCUT2D eigenvalue weighted by Gasteiger charge is -2.11. The molecule has 0 saturated heterocycles. The van der Waals surface area contributed by atoms with Crippen molar-refractivity contribution in [1.29, 1.82) is 0 Å². The summed E-state index contributed by atoms with van der Waals surface area (Å²) >= 11 is 0. The van der Waals surface area contributed by atoms with E-state index in [0.29, 0.717) is 0 Å². The summed E-state index contributed by atoms with van der Waals surface area (Å²) in [5.41, 5.74) is 0. The van der Waals surface area contributed by atoms with Crippen LogP contribution in [0.1, 0.15) is 6.92 Å². The van der Waals surface area contributed by atoms with Crippen LogP contribution in [0.2, 0.25) is 0 Å². The average molecular weight is 183 g/mol. The molecule has 5 nitrogen and oxygen atoms in total. The quantitative estimate of drug-likeness (QED) is 0.473. The van der Waals surface area contributed by atoms with Gasteiger partial charge in [-0.15, -0.1) is 0 Å². The Labute approximate surface area is 66.1 Å². The number of aliphatic hydroxyl groups is 2. The minimum absolute atomic E-state index is 0.0521. The highest BCUT2D eigenvalue weighted by Gasteiger charge is 2.13. The third kappa shape index (κ3) is 4.31. The Kier molecular flexibility index (Phi) is 4.58. The zero-order chi connectivity index (χ0) is 8.91. The molecule has 0 bridgehead atoms. The van der Waals surface area contributed by atoms with Gasteiger partial charge in [0, 0.05) is 0 Å². The van der Waals surface area contributed by atoms with Crippen LogP contribution in [0, 0.1) is 0 Å². The first-order valence-electron chi connectivity index (χ1n) is 3.27. The summed E-state index contributed by atoms with van der Waals surface area (Å²) in [5, 5.41) is 17.0. The van der Waals surface area contributed by atoms with Gasteiger partial charge in [-0.05, 0) is 6.92 Å². The van der Waals surface area contributed by atoms with Crippen molar-refractivity contribution < 1.29 is 18.6 Å². The summed E-state index contributed by atoms with van der Waals surface area (Å²) in [6.45, 7) is 0.694. The van der Waals surface area contributed by atoms with Gasteiger partial charge in [0.25, 0.3) is 0 Å². The highest BCUT2D eigenvalue weighted by Crippen LogP contribution is 1.87. The Bertz CT molecular complexity index is 185. The van der Waals surface area contributed by atoms with E-state index >= 15 is 0 Å². The average Bonchev–Trinajstić information content (AvgIpc) is 2.00. The summed E-state index contributed by atoms with van der Waals surface area (Å²) in [6.07, 6.45) is 0. The fourth-order valence-electron chi connectivity index (χ4n) is 0.470. The van der Waals surface area contributed by atoms with Crippen molar-refractivity contribution in [2.75, 3.05) is 19.0 Å². The van der Waals surface area contributed by atoms with Crippen LogP contribution in [-0.2, 0) is 10.0 Å². The van der Waals surface area contributed by atoms with Crippen LogP contribution in [0.4, 0.5) is 0 Å². The Morgan fingerprint density at radius 2 is 1.82 bits per heavy atom. The number of sulfonamides is 1. The van der Waals surface area contributed by atoms with E-state index in [1.807, 2.05) is 0 Å². The minimum Gasteiger partial charge on any atom is -0.395 e. The largest absolute Gasteiger partial charge is 0.395 e. The van der Waals surface area contributed by atoms with Gasteiger partial charge in [-0.1, -0.05) is 0 Å². The molecule has 0 aromatic heterocycles. The normalized spacial score (nSPS) is 12.4. The van der Waals surface area contributed by atoms with Gasteiger partial charge >= 0.3 is 0 Å². The molecule has 68 valence electrons. The van der Waals surface area contributed by atoms with E-state index in [2.05, 4.69) is 4.72 Å². The van der Waals surface area contributed by atoms with Crippen LogP contribution in [0.15, 0.2) is 0 Å². The van der Waals surface area contributed by atoms with Gasteiger partial charge < -0.3 is 10.2 Å². The molecule has 0 aromatic rings. The van der Waals surface area contributed by atoms with E-state index in [1.165, 1.54) is 6.92 Å². The molecule has 0 aliphatic rings. The summed E-state index contributed by atoms with van der Waals surface area (Å²) in [5.74, 6) is -0.0521. The maximum Gasteiger partial charge on any atom is 0.211 e. The Hall–Kier alpha value is -0.170. The maximum absolute atomic E-state index is 10.8. The Balaban J connectivity index is 4.01. The third-order valence-corrected chi connectivity index (χ3v) is 2.62. The summed E-state index contributed by atoms with van der Waals surface area (Å²) in [6, 6.07) is -0.778. The predicted octanol–water partition coefficient (Wildman–Crippen LogP) is -1.72. The van der Waals surface area contributed by atoms with E-state index in [0.717, 1.165) is 0 Å². The molecule has 0 aliphatic heterocycles. The van der Waals surface area contributed by atoms with Gasteiger partial charge in [-0.3, -0.25) is 0 Å². The van der Waals surface area contributed by atoms with E-state index in [9.17, 15) is 8.42 Å². The molecule has 3 N–H and O–H groups in total. The van der Waals surface area contributed by atoms with Crippen molar-refractivity contribution in [3.05, 3.63) is 0 Å². The van der Waals surface area contributed by atoms with Gasteiger partial charge in [0.15, 0.2) is 0 Å². The SMILES string of the molecule is CCS(=O)(=O)NC(CO)CO. The zero-order valence-electron chi connectivity index (χ0n) is 6.32. The van der Waals surface area contributed by atoms with Gasteiger partial charge in [-0.25, -0.2) is 13.1 Å². The highest BCUT2D eigenvalue weighted by atomic mass is 32.2. The molecule has 0 aliphatic carbocycles. The number of nitrogens with one attached hydrogen (secondary N) is 1. The number of aliphatic hydroxyl groups excluding tert-OH is 2. The van der Waals surface area contributed by atoms with Crippen molar-refractivity contribution in [2.45, 2.75) is 13.0 Å². The lowest BCUT2D eigenvalue weighted by molar-refractivity contribution is 0.185. The molecule has 0 amide bonds. The second-order valence-corrected chi connectivity index (χ2v) is 4.13. The monoisotopic (exact) mass is 183 g/mol. The molecule has 0 heterocycles. The molecule has 0 fully saturated rings. The lowest BCUT2D eigenvalue weighted by atomic mass is 10.4. The van der Waals surface area contributed by atoms with Crippen molar-refractivity contribution in [1.82, 2.24) is 4.72 Å². The molecule has 6 heteroatoms. The molecule has 0 spiro atoms. The molecule has 0 radical (unpaired) electrons. The van der Waals surface area contributed by atoms with E-state index in [4.69, 9.17) is 10.2 Å². The van der Waals surface area contributed by atoms with Gasteiger partial charge in [0.1, 0.15) is 0 Å². The van der Waals surface area contributed by atoms with Crippen LogP contribution in [0.25, 0.3) is 0 Å². The summed E-state index contributed by atoms with van der Waals surface area (Å²) < 4.78 is 23.7.